The van der Waals surface area contributed by atoms with Crippen LogP contribution < -0.4 is 9.80 Å². The van der Waals surface area contributed by atoms with Gasteiger partial charge in [0.05, 0.1) is 30.1 Å². The van der Waals surface area contributed by atoms with Crippen LogP contribution in [-0.2, 0) is 17.7 Å². The van der Waals surface area contributed by atoms with E-state index in [-0.39, 0.29) is 23.0 Å². The normalized spacial score (nSPS) is 16.5. The van der Waals surface area contributed by atoms with E-state index in [1.807, 2.05) is 9.80 Å². The lowest BCUT2D eigenvalue weighted by Crippen LogP contribution is -2.36. The minimum Gasteiger partial charge on any atom is -0.378 e. The summed E-state index contributed by atoms with van der Waals surface area (Å²) < 4.78 is 38.9. The summed E-state index contributed by atoms with van der Waals surface area (Å²) >= 11 is 6.02. The molecule has 2 aliphatic heterocycles. The Labute approximate surface area is 181 Å². The number of ether oxygens (including phenoxy) is 1. The van der Waals surface area contributed by atoms with E-state index in [9.17, 15) is 8.78 Å². The molecular formula is C20H19ClF2N6O2. The number of aryl methyl sites for hydroxylation is 1. The van der Waals surface area contributed by atoms with Crippen LogP contribution in [0.5, 0.6) is 0 Å². The number of hydrogen-bond acceptors (Lipinski definition) is 8. The van der Waals surface area contributed by atoms with Crippen molar-refractivity contribution in [3.63, 3.8) is 0 Å². The monoisotopic (exact) mass is 448 g/mol. The first-order valence-corrected chi connectivity index (χ1v) is 10.4. The highest BCUT2D eigenvalue weighted by molar-refractivity contribution is 6.31. The van der Waals surface area contributed by atoms with Crippen LogP contribution in [0.4, 0.5) is 20.5 Å². The molecule has 0 N–H and O–H groups in total. The summed E-state index contributed by atoms with van der Waals surface area (Å²) in [4.78, 5) is 17.4. The van der Waals surface area contributed by atoms with Crippen molar-refractivity contribution in [3.05, 3.63) is 46.2 Å². The van der Waals surface area contributed by atoms with Crippen LogP contribution in [0.1, 0.15) is 17.7 Å². The maximum Gasteiger partial charge on any atom is 0.279 e. The van der Waals surface area contributed by atoms with Crippen molar-refractivity contribution >= 4 is 23.4 Å². The second-order valence-electron chi connectivity index (χ2n) is 7.37. The van der Waals surface area contributed by atoms with Gasteiger partial charge in [0.2, 0.25) is 0 Å². The van der Waals surface area contributed by atoms with Crippen molar-refractivity contribution in [2.75, 3.05) is 42.6 Å². The summed E-state index contributed by atoms with van der Waals surface area (Å²) in [7, 11) is 0. The van der Waals surface area contributed by atoms with Crippen molar-refractivity contribution < 1.29 is 18.0 Å². The Morgan fingerprint density at radius 2 is 1.87 bits per heavy atom. The summed E-state index contributed by atoms with van der Waals surface area (Å²) in [5.41, 5.74) is 1.29. The standard InChI is InChI=1S/C20H19ClF2N6O2/c21-17-12(13(22)3-4-14(17)23)11-29-5-1-2-15-18(29)25-16(10-24-15)19-26-20(27-31-19)28-6-8-30-9-7-28/h3-4,10H,1-2,5-9,11H2. The van der Waals surface area contributed by atoms with Gasteiger partial charge in [0.15, 0.2) is 5.82 Å². The average Bonchev–Trinajstić information content (AvgIpc) is 3.30. The molecule has 31 heavy (non-hydrogen) atoms. The lowest BCUT2D eigenvalue weighted by atomic mass is 10.1. The number of aromatic nitrogens is 4. The van der Waals surface area contributed by atoms with Gasteiger partial charge in [0.1, 0.15) is 17.3 Å². The highest BCUT2D eigenvalue weighted by Gasteiger charge is 2.25. The minimum atomic E-state index is -0.656. The molecule has 0 spiro atoms. The van der Waals surface area contributed by atoms with E-state index in [1.54, 1.807) is 6.20 Å². The van der Waals surface area contributed by atoms with E-state index >= 15 is 0 Å². The molecule has 0 radical (unpaired) electrons. The lowest BCUT2D eigenvalue weighted by molar-refractivity contribution is 0.121. The van der Waals surface area contributed by atoms with Gasteiger partial charge in [-0.15, -0.1) is 0 Å². The highest BCUT2D eigenvalue weighted by Crippen LogP contribution is 2.31. The van der Waals surface area contributed by atoms with Crippen LogP contribution in [0.25, 0.3) is 11.6 Å². The van der Waals surface area contributed by atoms with Crippen LogP contribution in [0.15, 0.2) is 22.9 Å². The molecule has 0 amide bonds. The van der Waals surface area contributed by atoms with Crippen LogP contribution in [0.3, 0.4) is 0 Å². The number of nitrogens with zero attached hydrogens (tertiary/aromatic N) is 6. The van der Waals surface area contributed by atoms with Gasteiger partial charge in [0, 0.05) is 31.7 Å². The van der Waals surface area contributed by atoms with E-state index in [0.717, 1.165) is 30.7 Å². The van der Waals surface area contributed by atoms with Crippen LogP contribution in [0, 0.1) is 11.6 Å². The Morgan fingerprint density at radius 1 is 1.06 bits per heavy atom. The molecule has 3 aromatic rings. The molecule has 1 fully saturated rings. The van der Waals surface area contributed by atoms with Crippen LogP contribution in [-0.4, -0.2) is 53.0 Å². The zero-order valence-corrected chi connectivity index (χ0v) is 17.3. The number of rotatable bonds is 4. The Hall–Kier alpha value is -2.85. The van der Waals surface area contributed by atoms with E-state index in [0.29, 0.717) is 50.3 Å². The first-order valence-electron chi connectivity index (χ1n) is 10.00. The van der Waals surface area contributed by atoms with Gasteiger partial charge in [-0.1, -0.05) is 11.6 Å². The molecule has 4 heterocycles. The van der Waals surface area contributed by atoms with Crippen molar-refractivity contribution in [1.82, 2.24) is 20.1 Å². The summed E-state index contributed by atoms with van der Waals surface area (Å²) in [6.45, 7) is 3.27. The topological polar surface area (TPSA) is 80.4 Å². The van der Waals surface area contributed by atoms with E-state index in [4.69, 9.17) is 20.9 Å². The third-order valence-corrected chi connectivity index (χ3v) is 5.79. The molecule has 5 rings (SSSR count). The summed E-state index contributed by atoms with van der Waals surface area (Å²) in [5, 5.41) is 3.82. The molecule has 8 nitrogen and oxygen atoms in total. The number of hydrogen-bond donors (Lipinski definition) is 0. The van der Waals surface area contributed by atoms with Gasteiger partial charge in [-0.2, -0.15) is 4.98 Å². The number of halogens is 3. The molecule has 1 saturated heterocycles. The van der Waals surface area contributed by atoms with Crippen molar-refractivity contribution in [2.45, 2.75) is 19.4 Å². The quantitative estimate of drug-likeness (QED) is 0.563. The lowest BCUT2D eigenvalue weighted by Gasteiger charge is -2.30. The maximum atomic E-state index is 14.3. The largest absolute Gasteiger partial charge is 0.378 e. The molecular weight excluding hydrogens is 430 g/mol. The number of fused-ring (bicyclic) bond motifs is 1. The molecule has 162 valence electrons. The first kappa shape index (κ1) is 20.1. The SMILES string of the molecule is Fc1ccc(F)c(CN2CCCc3ncc(-c4nc(N5CCOCC5)no4)nc32)c1Cl. The van der Waals surface area contributed by atoms with E-state index in [2.05, 4.69) is 20.1 Å². The van der Waals surface area contributed by atoms with Gasteiger partial charge >= 0.3 is 0 Å². The third-order valence-electron chi connectivity index (χ3n) is 5.38. The zero-order chi connectivity index (χ0) is 21.4. The Kier molecular flexibility index (Phi) is 5.41. The van der Waals surface area contributed by atoms with Crippen molar-refractivity contribution in [1.29, 1.82) is 0 Å². The Morgan fingerprint density at radius 3 is 2.71 bits per heavy atom. The molecule has 1 aromatic carbocycles. The fourth-order valence-corrected chi connectivity index (χ4v) is 3.96. The maximum absolute atomic E-state index is 14.3. The predicted molar refractivity (Wildman–Crippen MR) is 109 cm³/mol. The smallest absolute Gasteiger partial charge is 0.279 e. The molecule has 0 aliphatic carbocycles. The number of benzene rings is 1. The fourth-order valence-electron chi connectivity index (χ4n) is 3.75. The number of anilines is 2. The Balaban J connectivity index is 1.44. The molecule has 0 saturated carbocycles. The second kappa shape index (κ2) is 8.35. The third kappa shape index (κ3) is 3.92. The predicted octanol–water partition coefficient (Wildman–Crippen LogP) is 3.25. The van der Waals surface area contributed by atoms with Crippen molar-refractivity contribution in [2.24, 2.45) is 0 Å². The molecule has 11 heteroatoms. The van der Waals surface area contributed by atoms with Gasteiger partial charge < -0.3 is 19.1 Å². The van der Waals surface area contributed by atoms with Gasteiger partial charge in [0.25, 0.3) is 11.8 Å². The average molecular weight is 449 g/mol. The van der Waals surface area contributed by atoms with Gasteiger partial charge in [-0.05, 0) is 30.1 Å². The van der Waals surface area contributed by atoms with Crippen molar-refractivity contribution in [3.8, 4) is 11.6 Å². The summed E-state index contributed by atoms with van der Waals surface area (Å²) in [5.74, 6) is 0.0847. The summed E-state index contributed by atoms with van der Waals surface area (Å²) in [6, 6.07) is 2.10. The second-order valence-corrected chi connectivity index (χ2v) is 7.75. The van der Waals surface area contributed by atoms with E-state index < -0.39 is 11.6 Å². The molecule has 2 aliphatic rings. The summed E-state index contributed by atoms with van der Waals surface area (Å²) in [6.07, 6.45) is 3.15. The molecule has 0 bridgehead atoms. The highest BCUT2D eigenvalue weighted by atomic mass is 35.5. The van der Waals surface area contributed by atoms with Crippen LogP contribution >= 0.6 is 11.6 Å². The molecule has 0 unspecified atom stereocenters. The van der Waals surface area contributed by atoms with E-state index in [1.165, 1.54) is 0 Å². The molecule has 2 aromatic heterocycles. The zero-order valence-electron chi connectivity index (χ0n) is 16.5. The minimum absolute atomic E-state index is 0.0798. The van der Waals surface area contributed by atoms with Gasteiger partial charge in [-0.25, -0.2) is 13.8 Å². The number of morpholine rings is 1. The van der Waals surface area contributed by atoms with Gasteiger partial charge in [-0.3, -0.25) is 4.98 Å². The fraction of sp³-hybridized carbons (Fsp3) is 0.400. The Bertz CT molecular complexity index is 1110. The van der Waals surface area contributed by atoms with Crippen LogP contribution in [0.2, 0.25) is 5.02 Å². The first-order chi connectivity index (χ1) is 15.1. The molecule has 0 atom stereocenters.